The molecular formula is C18H17Cl2NO4. The van der Waals surface area contributed by atoms with Crippen molar-refractivity contribution in [3.63, 3.8) is 0 Å². The number of benzene rings is 2. The maximum absolute atomic E-state index is 11.5. The predicted molar refractivity (Wildman–Crippen MR) is 96.0 cm³/mol. The minimum absolute atomic E-state index is 0.0388. The van der Waals surface area contributed by atoms with Crippen LogP contribution in [0.3, 0.4) is 0 Å². The Balaban J connectivity index is 1.86. The maximum Gasteiger partial charge on any atom is 0.303 e. The van der Waals surface area contributed by atoms with Crippen molar-refractivity contribution >= 4 is 35.1 Å². The highest BCUT2D eigenvalue weighted by molar-refractivity contribution is 6.42. The quantitative estimate of drug-likeness (QED) is 0.722. The van der Waals surface area contributed by atoms with E-state index in [1.807, 2.05) is 30.3 Å². The molecule has 0 aromatic heterocycles. The lowest BCUT2D eigenvalue weighted by Gasteiger charge is -2.09. The molecule has 0 bridgehead atoms. The first-order chi connectivity index (χ1) is 11.9. The van der Waals surface area contributed by atoms with Crippen LogP contribution in [-0.2, 0) is 22.7 Å². The molecule has 0 aliphatic rings. The summed E-state index contributed by atoms with van der Waals surface area (Å²) < 4.78 is 5.72. The lowest BCUT2D eigenvalue weighted by Crippen LogP contribution is -2.23. The molecule has 0 saturated heterocycles. The SMILES string of the molecule is O=C(O)CCC(=O)NCc1cccc(OCc2ccc(Cl)c(Cl)c2)c1. The number of carbonyl (C=O) groups is 2. The second-order valence-electron chi connectivity index (χ2n) is 5.36. The summed E-state index contributed by atoms with van der Waals surface area (Å²) >= 11 is 11.9. The van der Waals surface area contributed by atoms with Crippen LogP contribution in [-0.4, -0.2) is 17.0 Å². The number of rotatable bonds is 8. The van der Waals surface area contributed by atoms with Gasteiger partial charge in [0.1, 0.15) is 12.4 Å². The van der Waals surface area contributed by atoms with Gasteiger partial charge in [-0.2, -0.15) is 0 Å². The number of hydrogen-bond acceptors (Lipinski definition) is 3. The van der Waals surface area contributed by atoms with Gasteiger partial charge in [0.05, 0.1) is 16.5 Å². The van der Waals surface area contributed by atoms with Gasteiger partial charge in [-0.3, -0.25) is 9.59 Å². The number of nitrogens with one attached hydrogen (secondary N) is 1. The number of carboxylic acids is 1. The molecule has 1 amide bonds. The van der Waals surface area contributed by atoms with Crippen molar-refractivity contribution in [2.75, 3.05) is 0 Å². The van der Waals surface area contributed by atoms with Gasteiger partial charge in [-0.15, -0.1) is 0 Å². The average Bonchev–Trinajstić information content (AvgIpc) is 2.59. The van der Waals surface area contributed by atoms with Crippen LogP contribution in [0.2, 0.25) is 10.0 Å². The van der Waals surface area contributed by atoms with Gasteiger partial charge < -0.3 is 15.2 Å². The molecule has 2 aromatic rings. The van der Waals surface area contributed by atoms with E-state index in [0.29, 0.717) is 28.9 Å². The van der Waals surface area contributed by atoms with E-state index in [1.54, 1.807) is 12.1 Å². The fourth-order valence-corrected chi connectivity index (χ4v) is 2.37. The van der Waals surface area contributed by atoms with E-state index in [9.17, 15) is 9.59 Å². The minimum Gasteiger partial charge on any atom is -0.489 e. The number of aliphatic carboxylic acids is 1. The Morgan fingerprint density at radius 2 is 1.80 bits per heavy atom. The van der Waals surface area contributed by atoms with Gasteiger partial charge in [-0.25, -0.2) is 0 Å². The molecule has 0 fully saturated rings. The number of ether oxygens (including phenoxy) is 1. The van der Waals surface area contributed by atoms with Crippen molar-refractivity contribution in [3.05, 3.63) is 63.6 Å². The molecule has 25 heavy (non-hydrogen) atoms. The fraction of sp³-hybridized carbons (Fsp3) is 0.222. The van der Waals surface area contributed by atoms with Crippen molar-refractivity contribution in [3.8, 4) is 5.75 Å². The first-order valence-electron chi connectivity index (χ1n) is 7.58. The zero-order valence-corrected chi connectivity index (χ0v) is 14.8. The molecule has 0 saturated carbocycles. The van der Waals surface area contributed by atoms with Crippen molar-refractivity contribution in [2.45, 2.75) is 26.0 Å². The highest BCUT2D eigenvalue weighted by atomic mass is 35.5. The molecule has 0 atom stereocenters. The van der Waals surface area contributed by atoms with Crippen LogP contribution >= 0.6 is 23.2 Å². The number of halogens is 2. The van der Waals surface area contributed by atoms with Crippen molar-refractivity contribution in [2.24, 2.45) is 0 Å². The van der Waals surface area contributed by atoms with Crippen LogP contribution in [0.1, 0.15) is 24.0 Å². The van der Waals surface area contributed by atoms with E-state index >= 15 is 0 Å². The van der Waals surface area contributed by atoms with E-state index in [0.717, 1.165) is 11.1 Å². The first-order valence-corrected chi connectivity index (χ1v) is 8.34. The molecule has 0 aliphatic heterocycles. The Hall–Kier alpha value is -2.24. The smallest absolute Gasteiger partial charge is 0.303 e. The molecule has 7 heteroatoms. The molecule has 2 rings (SSSR count). The highest BCUT2D eigenvalue weighted by Crippen LogP contribution is 2.23. The number of carbonyl (C=O) groups excluding carboxylic acids is 1. The first kappa shape index (κ1) is 19.1. The number of hydrogen-bond donors (Lipinski definition) is 2. The summed E-state index contributed by atoms with van der Waals surface area (Å²) in [5, 5.41) is 12.2. The largest absolute Gasteiger partial charge is 0.489 e. The Bertz CT molecular complexity index is 764. The zero-order valence-electron chi connectivity index (χ0n) is 13.3. The van der Waals surface area contributed by atoms with Crippen LogP contribution < -0.4 is 10.1 Å². The zero-order chi connectivity index (χ0) is 18.2. The van der Waals surface area contributed by atoms with Gasteiger partial charge in [0, 0.05) is 13.0 Å². The normalized spacial score (nSPS) is 10.3. The highest BCUT2D eigenvalue weighted by Gasteiger charge is 2.06. The minimum atomic E-state index is -0.993. The Kier molecular flexibility index (Phi) is 7.10. The molecule has 0 radical (unpaired) electrons. The third kappa shape index (κ3) is 6.64. The fourth-order valence-electron chi connectivity index (χ4n) is 2.05. The summed E-state index contributed by atoms with van der Waals surface area (Å²) in [4.78, 5) is 22.0. The molecule has 0 heterocycles. The number of amides is 1. The van der Waals surface area contributed by atoms with Crippen LogP contribution in [0.15, 0.2) is 42.5 Å². The average molecular weight is 382 g/mol. The topological polar surface area (TPSA) is 75.6 Å². The van der Waals surface area contributed by atoms with Crippen molar-refractivity contribution in [1.82, 2.24) is 5.32 Å². The van der Waals surface area contributed by atoms with Gasteiger partial charge in [-0.05, 0) is 35.4 Å². The molecule has 0 unspecified atom stereocenters. The third-order valence-electron chi connectivity index (χ3n) is 3.34. The summed E-state index contributed by atoms with van der Waals surface area (Å²) in [5.41, 5.74) is 1.75. The van der Waals surface area contributed by atoms with Crippen LogP contribution in [0.4, 0.5) is 0 Å². The lowest BCUT2D eigenvalue weighted by atomic mass is 10.2. The van der Waals surface area contributed by atoms with Gasteiger partial charge in [-0.1, -0.05) is 41.4 Å². The number of carboxylic acid groups (broad SMARTS) is 1. The Labute approximate surface area is 155 Å². The third-order valence-corrected chi connectivity index (χ3v) is 4.08. The molecular weight excluding hydrogens is 365 g/mol. The van der Waals surface area contributed by atoms with E-state index in [4.69, 9.17) is 33.0 Å². The van der Waals surface area contributed by atoms with Gasteiger partial charge >= 0.3 is 5.97 Å². The van der Waals surface area contributed by atoms with Gasteiger partial charge in [0.15, 0.2) is 0 Å². The standard InChI is InChI=1S/C18H17Cl2NO4/c19-15-5-4-13(9-16(15)20)11-25-14-3-1-2-12(8-14)10-21-17(22)6-7-18(23)24/h1-5,8-9H,6-7,10-11H2,(H,21,22)(H,23,24). The van der Waals surface area contributed by atoms with Crippen LogP contribution in [0.5, 0.6) is 5.75 Å². The van der Waals surface area contributed by atoms with Gasteiger partial charge in [0.2, 0.25) is 5.91 Å². The molecule has 2 N–H and O–H groups in total. The monoisotopic (exact) mass is 381 g/mol. The summed E-state index contributed by atoms with van der Waals surface area (Å²) in [5.74, 6) is -0.638. The summed E-state index contributed by atoms with van der Waals surface area (Å²) in [6.45, 7) is 0.647. The summed E-state index contributed by atoms with van der Waals surface area (Å²) in [6.07, 6.45) is -0.221. The van der Waals surface area contributed by atoms with Gasteiger partial charge in [0.25, 0.3) is 0 Å². The van der Waals surface area contributed by atoms with E-state index in [-0.39, 0.29) is 18.7 Å². The molecule has 5 nitrogen and oxygen atoms in total. The Morgan fingerprint density at radius 1 is 1.00 bits per heavy atom. The van der Waals surface area contributed by atoms with E-state index in [2.05, 4.69) is 5.32 Å². The van der Waals surface area contributed by atoms with E-state index in [1.165, 1.54) is 0 Å². The van der Waals surface area contributed by atoms with Crippen LogP contribution in [0, 0.1) is 0 Å². The molecule has 0 aliphatic carbocycles. The second-order valence-corrected chi connectivity index (χ2v) is 6.17. The van der Waals surface area contributed by atoms with Crippen LogP contribution in [0.25, 0.3) is 0 Å². The summed E-state index contributed by atoms with van der Waals surface area (Å²) in [7, 11) is 0. The predicted octanol–water partition coefficient (Wildman–Crippen LogP) is 4.05. The molecule has 132 valence electrons. The van der Waals surface area contributed by atoms with Crippen molar-refractivity contribution < 1.29 is 19.4 Å². The lowest BCUT2D eigenvalue weighted by molar-refractivity contribution is -0.138. The summed E-state index contributed by atoms with van der Waals surface area (Å²) in [6, 6.07) is 12.6. The second kappa shape index (κ2) is 9.30. The Morgan fingerprint density at radius 3 is 2.52 bits per heavy atom. The molecule has 2 aromatic carbocycles. The van der Waals surface area contributed by atoms with E-state index < -0.39 is 5.97 Å². The van der Waals surface area contributed by atoms with Crippen molar-refractivity contribution in [1.29, 1.82) is 0 Å². The molecule has 0 spiro atoms. The maximum atomic E-state index is 11.5.